The number of aliphatic hydroxyl groups excluding tert-OH is 1. The zero-order chi connectivity index (χ0) is 18.2. The van der Waals surface area contributed by atoms with Crippen LogP contribution in [0.4, 0.5) is 5.69 Å². The summed E-state index contributed by atoms with van der Waals surface area (Å²) in [5.41, 5.74) is 3.20. The first kappa shape index (κ1) is 19.6. The molecule has 1 fully saturated rings. The summed E-state index contributed by atoms with van der Waals surface area (Å²) in [4.78, 5) is 16.8. The molecule has 0 aromatic heterocycles. The zero-order valence-electron chi connectivity index (χ0n) is 15.5. The van der Waals surface area contributed by atoms with E-state index in [1.807, 2.05) is 38.1 Å². The number of hydrogen-bond donors (Lipinski definition) is 2. The van der Waals surface area contributed by atoms with E-state index in [1.165, 1.54) is 5.56 Å². The number of hydrogen-bond acceptors (Lipinski definition) is 4. The van der Waals surface area contributed by atoms with Gasteiger partial charge in [0.25, 0.3) is 0 Å². The first-order valence-corrected chi connectivity index (χ1v) is 9.09. The maximum absolute atomic E-state index is 12.3. The first-order chi connectivity index (χ1) is 12.0. The van der Waals surface area contributed by atoms with E-state index < -0.39 is 0 Å². The van der Waals surface area contributed by atoms with E-state index in [2.05, 4.69) is 21.7 Å². The Bertz CT molecular complexity index is 580. The van der Waals surface area contributed by atoms with Crippen LogP contribution in [0, 0.1) is 13.8 Å². The Morgan fingerprint density at radius 2 is 1.96 bits per heavy atom. The molecule has 1 saturated heterocycles. The highest BCUT2D eigenvalue weighted by atomic mass is 16.3. The minimum atomic E-state index is -0.294. The van der Waals surface area contributed by atoms with Crippen molar-refractivity contribution in [1.29, 1.82) is 0 Å². The summed E-state index contributed by atoms with van der Waals surface area (Å²) in [6.07, 6.45) is 3.16. The van der Waals surface area contributed by atoms with Crippen LogP contribution in [-0.2, 0) is 4.79 Å². The van der Waals surface area contributed by atoms with Gasteiger partial charge in [-0.2, -0.15) is 0 Å². The van der Waals surface area contributed by atoms with Crippen LogP contribution in [0.1, 0.15) is 24.0 Å². The number of nitrogens with zero attached hydrogens (tertiary/aromatic N) is 2. The van der Waals surface area contributed by atoms with Gasteiger partial charge in [0.1, 0.15) is 0 Å². The molecule has 25 heavy (non-hydrogen) atoms. The molecule has 1 heterocycles. The zero-order valence-corrected chi connectivity index (χ0v) is 15.5. The van der Waals surface area contributed by atoms with E-state index in [9.17, 15) is 9.90 Å². The fourth-order valence-electron chi connectivity index (χ4n) is 3.11. The molecule has 0 aliphatic carbocycles. The number of anilines is 1. The average molecular weight is 345 g/mol. The van der Waals surface area contributed by atoms with E-state index >= 15 is 0 Å². The monoisotopic (exact) mass is 345 g/mol. The van der Waals surface area contributed by atoms with E-state index in [0.717, 1.165) is 50.3 Å². The van der Waals surface area contributed by atoms with Gasteiger partial charge in [0.2, 0.25) is 5.91 Å². The molecule has 1 aliphatic heterocycles. The molecule has 1 aliphatic rings. The molecule has 0 radical (unpaired) electrons. The predicted octanol–water partition coefficient (Wildman–Crippen LogP) is 2.19. The summed E-state index contributed by atoms with van der Waals surface area (Å²) in [7, 11) is 0. The summed E-state index contributed by atoms with van der Waals surface area (Å²) in [6.45, 7) is 12.4. The Kier molecular flexibility index (Phi) is 7.62. The van der Waals surface area contributed by atoms with Crippen LogP contribution in [-0.4, -0.2) is 66.2 Å². The lowest BCUT2D eigenvalue weighted by Crippen LogP contribution is -2.50. The largest absolute Gasteiger partial charge is 0.392 e. The SMILES string of the molecule is C=CCCC(O)CN1CCN(CC(=O)Nc2cccc(C)c2C)CC1. The number of β-amino-alcohol motifs (C(OH)–C–C–N with tert-alkyl or cyclic N) is 1. The molecule has 138 valence electrons. The summed E-state index contributed by atoms with van der Waals surface area (Å²) < 4.78 is 0. The van der Waals surface area contributed by atoms with Gasteiger partial charge in [0.05, 0.1) is 12.6 Å². The van der Waals surface area contributed by atoms with Gasteiger partial charge in [-0.3, -0.25) is 14.6 Å². The molecule has 2 N–H and O–H groups in total. The number of aryl methyl sites for hydroxylation is 1. The maximum atomic E-state index is 12.3. The molecule has 0 bridgehead atoms. The van der Waals surface area contributed by atoms with E-state index in [1.54, 1.807) is 0 Å². The maximum Gasteiger partial charge on any atom is 0.238 e. The highest BCUT2D eigenvalue weighted by Gasteiger charge is 2.20. The van der Waals surface area contributed by atoms with Crippen molar-refractivity contribution in [2.24, 2.45) is 0 Å². The number of rotatable bonds is 8. The second kappa shape index (κ2) is 9.70. The molecule has 0 saturated carbocycles. The Balaban J connectivity index is 1.73. The molecule has 1 amide bonds. The van der Waals surface area contributed by atoms with Crippen LogP contribution in [0.5, 0.6) is 0 Å². The number of aliphatic hydroxyl groups is 1. The molecule has 5 nitrogen and oxygen atoms in total. The van der Waals surface area contributed by atoms with Crippen molar-refractivity contribution >= 4 is 11.6 Å². The third kappa shape index (κ3) is 6.27. The number of allylic oxidation sites excluding steroid dienone is 1. The molecule has 5 heteroatoms. The smallest absolute Gasteiger partial charge is 0.238 e. The lowest BCUT2D eigenvalue weighted by molar-refractivity contribution is -0.117. The molecule has 1 aromatic carbocycles. The van der Waals surface area contributed by atoms with Gasteiger partial charge in [0, 0.05) is 38.4 Å². The summed E-state index contributed by atoms with van der Waals surface area (Å²) >= 11 is 0. The standard InChI is InChI=1S/C20H31N3O2/c1-4-5-8-18(24)14-22-10-12-23(13-11-22)15-20(25)21-19-9-6-7-16(2)17(19)3/h4,6-7,9,18,24H,1,5,8,10-15H2,2-3H3,(H,21,25). The highest BCUT2D eigenvalue weighted by molar-refractivity contribution is 5.93. The average Bonchev–Trinajstić information content (AvgIpc) is 2.59. The van der Waals surface area contributed by atoms with Gasteiger partial charge in [-0.15, -0.1) is 6.58 Å². The molecule has 0 spiro atoms. The van der Waals surface area contributed by atoms with E-state index in [4.69, 9.17) is 0 Å². The Labute approximate surface area is 151 Å². The van der Waals surface area contributed by atoms with Gasteiger partial charge in [-0.25, -0.2) is 0 Å². The van der Waals surface area contributed by atoms with Crippen LogP contribution >= 0.6 is 0 Å². The topological polar surface area (TPSA) is 55.8 Å². The van der Waals surface area contributed by atoms with Gasteiger partial charge >= 0.3 is 0 Å². The normalized spacial score (nSPS) is 17.2. The Morgan fingerprint density at radius 1 is 1.28 bits per heavy atom. The third-order valence-corrected chi connectivity index (χ3v) is 4.88. The van der Waals surface area contributed by atoms with Gasteiger partial charge in [-0.05, 0) is 43.9 Å². The fraction of sp³-hybridized carbons (Fsp3) is 0.550. The number of nitrogens with one attached hydrogen (secondary N) is 1. The van der Waals surface area contributed by atoms with Crippen LogP contribution in [0.25, 0.3) is 0 Å². The van der Waals surface area contributed by atoms with Crippen molar-refractivity contribution in [3.63, 3.8) is 0 Å². The first-order valence-electron chi connectivity index (χ1n) is 9.09. The second-order valence-corrected chi connectivity index (χ2v) is 6.89. The van der Waals surface area contributed by atoms with Crippen molar-refractivity contribution in [3.05, 3.63) is 42.0 Å². The number of carbonyl (C=O) groups is 1. The Morgan fingerprint density at radius 3 is 2.64 bits per heavy atom. The molecular weight excluding hydrogens is 314 g/mol. The molecule has 1 atom stereocenters. The lowest BCUT2D eigenvalue weighted by Gasteiger charge is -2.35. The van der Waals surface area contributed by atoms with Crippen molar-refractivity contribution in [1.82, 2.24) is 9.80 Å². The van der Waals surface area contributed by atoms with Crippen LogP contribution in [0.15, 0.2) is 30.9 Å². The molecule has 2 rings (SSSR count). The molecular formula is C20H31N3O2. The second-order valence-electron chi connectivity index (χ2n) is 6.89. The molecule has 1 unspecified atom stereocenters. The highest BCUT2D eigenvalue weighted by Crippen LogP contribution is 2.18. The summed E-state index contributed by atoms with van der Waals surface area (Å²) in [5, 5.41) is 13.0. The number of amides is 1. The van der Waals surface area contributed by atoms with E-state index in [-0.39, 0.29) is 12.0 Å². The van der Waals surface area contributed by atoms with Crippen molar-refractivity contribution in [2.45, 2.75) is 32.8 Å². The third-order valence-electron chi connectivity index (χ3n) is 4.88. The predicted molar refractivity (Wildman–Crippen MR) is 103 cm³/mol. The van der Waals surface area contributed by atoms with Crippen molar-refractivity contribution in [2.75, 3.05) is 44.6 Å². The van der Waals surface area contributed by atoms with Crippen LogP contribution < -0.4 is 5.32 Å². The van der Waals surface area contributed by atoms with Gasteiger partial charge in [0.15, 0.2) is 0 Å². The fourth-order valence-corrected chi connectivity index (χ4v) is 3.11. The summed E-state index contributed by atoms with van der Waals surface area (Å²) in [6, 6.07) is 5.96. The number of carbonyl (C=O) groups excluding carboxylic acids is 1. The van der Waals surface area contributed by atoms with Crippen LogP contribution in [0.2, 0.25) is 0 Å². The minimum Gasteiger partial charge on any atom is -0.392 e. The minimum absolute atomic E-state index is 0.0353. The van der Waals surface area contributed by atoms with E-state index in [0.29, 0.717) is 13.1 Å². The number of benzene rings is 1. The van der Waals surface area contributed by atoms with Crippen LogP contribution in [0.3, 0.4) is 0 Å². The number of piperazine rings is 1. The quantitative estimate of drug-likeness (QED) is 0.709. The van der Waals surface area contributed by atoms with Crippen molar-refractivity contribution < 1.29 is 9.90 Å². The van der Waals surface area contributed by atoms with Crippen molar-refractivity contribution in [3.8, 4) is 0 Å². The lowest BCUT2D eigenvalue weighted by atomic mass is 10.1. The summed E-state index contributed by atoms with van der Waals surface area (Å²) in [5.74, 6) is 0.0353. The van der Waals surface area contributed by atoms with Gasteiger partial charge < -0.3 is 10.4 Å². The molecule has 1 aromatic rings. The van der Waals surface area contributed by atoms with Gasteiger partial charge in [-0.1, -0.05) is 18.2 Å². The Hall–Kier alpha value is -1.69.